The molecular weight excluding hydrogens is 240 g/mol. The van der Waals surface area contributed by atoms with E-state index in [-0.39, 0.29) is 5.91 Å². The van der Waals surface area contributed by atoms with E-state index >= 15 is 0 Å². The van der Waals surface area contributed by atoms with Gasteiger partial charge >= 0.3 is 0 Å². The summed E-state index contributed by atoms with van der Waals surface area (Å²) in [6.45, 7) is 2.27. The fraction of sp³-hybridized carbons (Fsp3) is 0.929. The van der Waals surface area contributed by atoms with Crippen LogP contribution in [0.4, 0.5) is 0 Å². The van der Waals surface area contributed by atoms with Crippen LogP contribution in [-0.2, 0) is 4.79 Å². The number of likely N-dealkylation sites (N-methyl/N-ethyl adjacent to an activating group) is 2. The van der Waals surface area contributed by atoms with E-state index in [1.165, 1.54) is 19.4 Å². The molecule has 0 aromatic carbocycles. The zero-order chi connectivity index (χ0) is 14.0. The number of amides is 1. The molecule has 0 spiro atoms. The third-order valence-corrected chi connectivity index (χ3v) is 5.04. The molecule has 110 valence electrons. The molecule has 2 fully saturated rings. The van der Waals surface area contributed by atoms with Crippen LogP contribution in [0, 0.1) is 0 Å². The predicted octanol–water partition coefficient (Wildman–Crippen LogP) is 0.138. The number of primary amides is 1. The van der Waals surface area contributed by atoms with Gasteiger partial charge in [0.2, 0.25) is 5.91 Å². The van der Waals surface area contributed by atoms with Gasteiger partial charge in [-0.15, -0.1) is 0 Å². The Kier molecular flexibility index (Phi) is 4.48. The predicted molar refractivity (Wildman–Crippen MR) is 76.7 cm³/mol. The van der Waals surface area contributed by atoms with Crippen LogP contribution in [-0.4, -0.2) is 60.5 Å². The van der Waals surface area contributed by atoms with Gasteiger partial charge in [-0.25, -0.2) is 0 Å². The zero-order valence-corrected chi connectivity index (χ0v) is 12.3. The summed E-state index contributed by atoms with van der Waals surface area (Å²) in [6, 6.07) is 1.04. The fourth-order valence-corrected chi connectivity index (χ4v) is 3.57. The molecule has 2 aliphatic rings. The van der Waals surface area contributed by atoms with E-state index in [1.807, 2.05) is 0 Å². The van der Waals surface area contributed by atoms with E-state index in [4.69, 9.17) is 11.5 Å². The average Bonchev–Trinajstić information content (AvgIpc) is 2.75. The summed E-state index contributed by atoms with van der Waals surface area (Å²) >= 11 is 0. The van der Waals surface area contributed by atoms with Gasteiger partial charge in [-0.2, -0.15) is 0 Å². The summed E-state index contributed by atoms with van der Waals surface area (Å²) in [5.41, 5.74) is 10.8. The molecule has 5 heteroatoms. The van der Waals surface area contributed by atoms with Crippen molar-refractivity contribution in [1.82, 2.24) is 9.80 Å². The monoisotopic (exact) mass is 268 g/mol. The van der Waals surface area contributed by atoms with Gasteiger partial charge in [0.05, 0.1) is 5.54 Å². The first-order chi connectivity index (χ1) is 8.92. The third kappa shape index (κ3) is 3.27. The minimum absolute atomic E-state index is 0.344. The van der Waals surface area contributed by atoms with E-state index in [0.717, 1.165) is 25.8 Å². The van der Waals surface area contributed by atoms with Crippen LogP contribution in [0.25, 0.3) is 0 Å². The first kappa shape index (κ1) is 14.8. The highest BCUT2D eigenvalue weighted by atomic mass is 16.1. The minimum Gasteiger partial charge on any atom is -0.368 e. The number of hydrogen-bond acceptors (Lipinski definition) is 4. The first-order valence-electron chi connectivity index (χ1n) is 7.41. The number of rotatable bonds is 4. The summed E-state index contributed by atoms with van der Waals surface area (Å²) in [5, 5.41) is 0. The van der Waals surface area contributed by atoms with Crippen LogP contribution in [0.15, 0.2) is 0 Å². The lowest BCUT2D eigenvalue weighted by molar-refractivity contribution is -0.125. The first-order valence-corrected chi connectivity index (χ1v) is 7.41. The van der Waals surface area contributed by atoms with Crippen LogP contribution in [0.3, 0.4) is 0 Å². The van der Waals surface area contributed by atoms with Crippen LogP contribution < -0.4 is 11.5 Å². The van der Waals surface area contributed by atoms with Crippen molar-refractivity contribution >= 4 is 5.91 Å². The second kappa shape index (κ2) is 5.77. The highest BCUT2D eigenvalue weighted by Crippen LogP contribution is 2.29. The molecule has 3 atom stereocenters. The Morgan fingerprint density at radius 3 is 2.74 bits per heavy atom. The third-order valence-electron chi connectivity index (χ3n) is 5.04. The van der Waals surface area contributed by atoms with Gasteiger partial charge in [0.25, 0.3) is 0 Å². The van der Waals surface area contributed by atoms with E-state index in [0.29, 0.717) is 18.5 Å². The fourth-order valence-electron chi connectivity index (χ4n) is 3.57. The topological polar surface area (TPSA) is 75.6 Å². The zero-order valence-electron chi connectivity index (χ0n) is 12.3. The maximum Gasteiger partial charge on any atom is 0.237 e. The van der Waals surface area contributed by atoms with Gasteiger partial charge in [-0.05, 0) is 59.2 Å². The number of hydrogen-bond donors (Lipinski definition) is 2. The molecule has 3 unspecified atom stereocenters. The average molecular weight is 268 g/mol. The maximum atomic E-state index is 11.5. The van der Waals surface area contributed by atoms with E-state index in [9.17, 15) is 4.79 Å². The van der Waals surface area contributed by atoms with Crippen molar-refractivity contribution < 1.29 is 4.79 Å². The van der Waals surface area contributed by atoms with Gasteiger partial charge in [0, 0.05) is 18.6 Å². The molecule has 1 aliphatic heterocycles. The molecule has 4 N–H and O–H groups in total. The normalized spacial score (nSPS) is 36.8. The van der Waals surface area contributed by atoms with Crippen LogP contribution in [0.5, 0.6) is 0 Å². The van der Waals surface area contributed by atoms with Crippen molar-refractivity contribution in [3.05, 3.63) is 0 Å². The van der Waals surface area contributed by atoms with Crippen LogP contribution >= 0.6 is 0 Å². The van der Waals surface area contributed by atoms with E-state index in [1.54, 1.807) is 0 Å². The lowest BCUT2D eigenvalue weighted by atomic mass is 9.78. The van der Waals surface area contributed by atoms with Crippen molar-refractivity contribution in [3.8, 4) is 0 Å². The van der Waals surface area contributed by atoms with Crippen LogP contribution in [0.2, 0.25) is 0 Å². The highest BCUT2D eigenvalue weighted by Gasteiger charge is 2.39. The Bertz CT molecular complexity index is 335. The van der Waals surface area contributed by atoms with Crippen molar-refractivity contribution in [1.29, 1.82) is 0 Å². The van der Waals surface area contributed by atoms with Crippen molar-refractivity contribution in [2.45, 2.75) is 56.1 Å². The molecule has 0 radical (unpaired) electrons. The Hall–Kier alpha value is -0.650. The molecule has 1 saturated carbocycles. The summed E-state index contributed by atoms with van der Waals surface area (Å²) in [7, 11) is 4.35. The molecule has 0 aromatic heterocycles. The summed E-state index contributed by atoms with van der Waals surface area (Å²) in [5.74, 6) is -0.344. The summed E-state index contributed by atoms with van der Waals surface area (Å²) < 4.78 is 0. The molecule has 0 bridgehead atoms. The molecule has 1 saturated heterocycles. The molecule has 1 amide bonds. The Labute approximate surface area is 116 Å². The Morgan fingerprint density at radius 1 is 1.42 bits per heavy atom. The SMILES string of the molecule is CN1CCCC1CN(C)C1CCCC(N)(C(N)=O)C1. The molecule has 5 nitrogen and oxygen atoms in total. The second-order valence-electron chi connectivity index (χ2n) is 6.49. The van der Waals surface area contributed by atoms with E-state index in [2.05, 4.69) is 23.9 Å². The summed E-state index contributed by atoms with van der Waals surface area (Å²) in [6.07, 6.45) is 6.12. The lowest BCUT2D eigenvalue weighted by Crippen LogP contribution is -2.58. The van der Waals surface area contributed by atoms with Gasteiger partial charge in [-0.3, -0.25) is 4.79 Å². The van der Waals surface area contributed by atoms with E-state index < -0.39 is 5.54 Å². The number of carbonyl (C=O) groups is 1. The smallest absolute Gasteiger partial charge is 0.237 e. The molecule has 1 aliphatic carbocycles. The van der Waals surface area contributed by atoms with Crippen molar-refractivity contribution in [3.63, 3.8) is 0 Å². The largest absolute Gasteiger partial charge is 0.368 e. The number of nitrogens with zero attached hydrogens (tertiary/aromatic N) is 2. The Balaban J connectivity index is 1.91. The van der Waals surface area contributed by atoms with Crippen molar-refractivity contribution in [2.24, 2.45) is 11.5 Å². The molecule has 0 aromatic rings. The van der Waals surface area contributed by atoms with Gasteiger partial charge < -0.3 is 21.3 Å². The molecule has 1 heterocycles. The summed E-state index contributed by atoms with van der Waals surface area (Å²) in [4.78, 5) is 16.3. The Morgan fingerprint density at radius 2 is 2.16 bits per heavy atom. The van der Waals surface area contributed by atoms with Crippen LogP contribution in [0.1, 0.15) is 38.5 Å². The quantitative estimate of drug-likeness (QED) is 0.760. The number of nitrogens with two attached hydrogens (primary N) is 2. The standard InChI is InChI=1S/C14H28N4O/c1-17-8-4-6-12(17)10-18(2)11-5-3-7-14(16,9-11)13(15)19/h11-12H,3-10,16H2,1-2H3,(H2,15,19). The number of likely N-dealkylation sites (tertiary alicyclic amines) is 1. The minimum atomic E-state index is -0.793. The molecule has 2 rings (SSSR count). The maximum absolute atomic E-state index is 11.5. The molecular formula is C14H28N4O. The van der Waals surface area contributed by atoms with Gasteiger partial charge in [0.1, 0.15) is 0 Å². The van der Waals surface area contributed by atoms with Crippen molar-refractivity contribution in [2.75, 3.05) is 27.2 Å². The van der Waals surface area contributed by atoms with Gasteiger partial charge in [-0.1, -0.05) is 0 Å². The molecule has 19 heavy (non-hydrogen) atoms. The lowest BCUT2D eigenvalue weighted by Gasteiger charge is -2.41. The number of carbonyl (C=O) groups excluding carboxylic acids is 1. The van der Waals surface area contributed by atoms with Gasteiger partial charge in [0.15, 0.2) is 0 Å². The second-order valence-corrected chi connectivity index (χ2v) is 6.49. The highest BCUT2D eigenvalue weighted by molar-refractivity contribution is 5.84.